The Morgan fingerprint density at radius 1 is 1.41 bits per heavy atom. The fourth-order valence-corrected chi connectivity index (χ4v) is 1.63. The van der Waals surface area contributed by atoms with E-state index in [9.17, 15) is 9.59 Å². The molecule has 2 rings (SSSR count). The summed E-state index contributed by atoms with van der Waals surface area (Å²) >= 11 is 0. The van der Waals surface area contributed by atoms with Crippen LogP contribution >= 0.6 is 0 Å². The number of ether oxygens (including phenoxy) is 2. The third kappa shape index (κ3) is 1.80. The van der Waals surface area contributed by atoms with Crippen molar-refractivity contribution < 1.29 is 19.1 Å². The van der Waals surface area contributed by atoms with Crippen molar-refractivity contribution in [1.29, 1.82) is 0 Å². The Labute approximate surface area is 98.1 Å². The molecule has 2 heterocycles. The maximum Gasteiger partial charge on any atom is 0.373 e. The van der Waals surface area contributed by atoms with Gasteiger partial charge >= 0.3 is 5.97 Å². The van der Waals surface area contributed by atoms with Crippen LogP contribution in [0.2, 0.25) is 0 Å². The molecule has 17 heavy (non-hydrogen) atoms. The first kappa shape index (κ1) is 11.3. The van der Waals surface area contributed by atoms with E-state index in [1.165, 1.54) is 7.11 Å². The number of methoxy groups -OCH3 is 1. The Morgan fingerprint density at radius 3 is 2.65 bits per heavy atom. The fraction of sp³-hybridized carbons (Fsp3) is 0.250. The van der Waals surface area contributed by atoms with E-state index in [1.807, 2.05) is 0 Å². The second-order valence-corrected chi connectivity index (χ2v) is 3.74. The topological polar surface area (TPSA) is 65.5 Å². The molecule has 0 saturated carbocycles. The minimum atomic E-state index is -1.17. The summed E-state index contributed by atoms with van der Waals surface area (Å²) in [5.41, 5.74) is -0.528. The summed E-state index contributed by atoms with van der Waals surface area (Å²) in [5, 5.41) is 0. The van der Waals surface area contributed by atoms with Gasteiger partial charge in [0.2, 0.25) is 11.5 Å². The minimum Gasteiger partial charge on any atom is -0.467 e. The molecule has 1 unspecified atom stereocenters. The van der Waals surface area contributed by atoms with Crippen LogP contribution in [-0.4, -0.2) is 23.8 Å². The summed E-state index contributed by atoms with van der Waals surface area (Å²) in [6, 6.07) is 3.35. The number of esters is 1. The van der Waals surface area contributed by atoms with Crippen molar-refractivity contribution in [2.45, 2.75) is 12.5 Å². The lowest BCUT2D eigenvalue weighted by atomic mass is 9.93. The lowest BCUT2D eigenvalue weighted by Gasteiger charge is -2.23. The first-order valence-corrected chi connectivity index (χ1v) is 5.02. The summed E-state index contributed by atoms with van der Waals surface area (Å²) in [5.74, 6) is -1.02. The number of hydrogen-bond donors (Lipinski definition) is 0. The molecule has 0 amide bonds. The molecular weight excluding hydrogens is 222 g/mol. The molecule has 0 N–H and O–H groups in total. The van der Waals surface area contributed by atoms with Crippen LogP contribution < -0.4 is 0 Å². The summed E-state index contributed by atoms with van der Waals surface area (Å²) < 4.78 is 9.92. The highest BCUT2D eigenvalue weighted by atomic mass is 16.6. The molecule has 1 aromatic rings. The van der Waals surface area contributed by atoms with Gasteiger partial charge in [0, 0.05) is 24.0 Å². The Balaban J connectivity index is 2.33. The third-order valence-electron chi connectivity index (χ3n) is 2.66. The fourth-order valence-electron chi connectivity index (χ4n) is 1.63. The first-order valence-electron chi connectivity index (χ1n) is 5.02. The SMILES string of the molecule is COC(=O)C1=CC(=O)C(C)(c2ccncc2)O1. The molecule has 5 nitrogen and oxygen atoms in total. The minimum absolute atomic E-state index is 0.0724. The van der Waals surface area contributed by atoms with Crippen LogP contribution in [0, 0.1) is 0 Å². The predicted octanol–water partition coefficient (Wildman–Crippen LogP) is 0.953. The quantitative estimate of drug-likeness (QED) is 0.711. The van der Waals surface area contributed by atoms with Crippen molar-refractivity contribution in [3.05, 3.63) is 41.9 Å². The monoisotopic (exact) mass is 233 g/mol. The molecule has 0 fully saturated rings. The summed E-state index contributed by atoms with van der Waals surface area (Å²) in [6.45, 7) is 1.61. The molecule has 0 aliphatic carbocycles. The maximum atomic E-state index is 11.9. The van der Waals surface area contributed by atoms with Crippen LogP contribution in [0.4, 0.5) is 0 Å². The molecule has 1 aliphatic rings. The van der Waals surface area contributed by atoms with Crippen LogP contribution in [0.1, 0.15) is 12.5 Å². The van der Waals surface area contributed by atoms with Crippen molar-refractivity contribution in [2.75, 3.05) is 7.11 Å². The Morgan fingerprint density at radius 2 is 2.06 bits per heavy atom. The summed E-state index contributed by atoms with van der Waals surface area (Å²) in [4.78, 5) is 27.1. The molecule has 5 heteroatoms. The van der Waals surface area contributed by atoms with Gasteiger partial charge in [-0.2, -0.15) is 0 Å². The van der Waals surface area contributed by atoms with Crippen molar-refractivity contribution >= 4 is 11.8 Å². The zero-order valence-corrected chi connectivity index (χ0v) is 9.47. The highest BCUT2D eigenvalue weighted by Crippen LogP contribution is 2.34. The van der Waals surface area contributed by atoms with Gasteiger partial charge in [-0.1, -0.05) is 0 Å². The number of nitrogens with zero attached hydrogens (tertiary/aromatic N) is 1. The standard InChI is InChI=1S/C12H11NO4/c1-12(8-3-5-13-6-4-8)10(14)7-9(17-12)11(15)16-2/h3-7H,1-2H3. The van der Waals surface area contributed by atoms with E-state index in [0.717, 1.165) is 6.08 Å². The number of aromatic nitrogens is 1. The van der Waals surface area contributed by atoms with Crippen LogP contribution in [0.5, 0.6) is 0 Å². The average molecular weight is 233 g/mol. The number of hydrogen-bond acceptors (Lipinski definition) is 5. The normalized spacial score (nSPS) is 22.9. The van der Waals surface area contributed by atoms with E-state index >= 15 is 0 Å². The van der Waals surface area contributed by atoms with E-state index < -0.39 is 11.6 Å². The van der Waals surface area contributed by atoms with E-state index in [2.05, 4.69) is 9.72 Å². The lowest BCUT2D eigenvalue weighted by Crippen LogP contribution is -2.30. The Hall–Kier alpha value is -2.17. The zero-order chi connectivity index (χ0) is 12.5. The zero-order valence-electron chi connectivity index (χ0n) is 9.47. The van der Waals surface area contributed by atoms with Gasteiger partial charge in [-0.15, -0.1) is 0 Å². The maximum absolute atomic E-state index is 11.9. The molecule has 0 saturated heterocycles. The molecule has 0 spiro atoms. The molecular formula is C12H11NO4. The van der Waals surface area contributed by atoms with Gasteiger partial charge in [0.05, 0.1) is 7.11 Å². The molecule has 1 atom stereocenters. The van der Waals surface area contributed by atoms with Gasteiger partial charge in [0.25, 0.3) is 0 Å². The van der Waals surface area contributed by atoms with E-state index in [1.54, 1.807) is 31.5 Å². The largest absolute Gasteiger partial charge is 0.467 e. The lowest BCUT2D eigenvalue weighted by molar-refractivity contribution is -0.144. The van der Waals surface area contributed by atoms with Gasteiger partial charge in [-0.25, -0.2) is 4.79 Å². The van der Waals surface area contributed by atoms with Crippen molar-refractivity contribution in [2.24, 2.45) is 0 Å². The van der Waals surface area contributed by atoms with Crippen molar-refractivity contribution in [1.82, 2.24) is 4.98 Å². The first-order chi connectivity index (χ1) is 8.08. The van der Waals surface area contributed by atoms with Gasteiger partial charge in [0.1, 0.15) is 0 Å². The number of carbonyl (C=O) groups is 2. The second kappa shape index (κ2) is 4.01. The molecule has 1 aliphatic heterocycles. The van der Waals surface area contributed by atoms with Crippen LogP contribution in [0.15, 0.2) is 36.4 Å². The van der Waals surface area contributed by atoms with Crippen LogP contribution in [0.3, 0.4) is 0 Å². The Kier molecular flexibility index (Phi) is 2.67. The number of pyridine rings is 1. The molecule has 0 radical (unpaired) electrons. The smallest absolute Gasteiger partial charge is 0.373 e. The number of carbonyl (C=O) groups excluding carboxylic acids is 2. The third-order valence-corrected chi connectivity index (χ3v) is 2.66. The molecule has 88 valence electrons. The van der Waals surface area contributed by atoms with Gasteiger partial charge in [-0.3, -0.25) is 9.78 Å². The summed E-state index contributed by atoms with van der Waals surface area (Å²) in [6.07, 6.45) is 4.28. The molecule has 0 aromatic carbocycles. The second-order valence-electron chi connectivity index (χ2n) is 3.74. The highest BCUT2D eigenvalue weighted by molar-refractivity contribution is 6.06. The number of ketones is 1. The highest BCUT2D eigenvalue weighted by Gasteiger charge is 2.43. The van der Waals surface area contributed by atoms with Gasteiger partial charge in [0.15, 0.2) is 5.60 Å². The number of rotatable bonds is 2. The molecule has 1 aromatic heterocycles. The van der Waals surface area contributed by atoms with Crippen molar-refractivity contribution in [3.8, 4) is 0 Å². The van der Waals surface area contributed by atoms with E-state index in [4.69, 9.17) is 4.74 Å². The average Bonchev–Trinajstić information content (AvgIpc) is 2.67. The van der Waals surface area contributed by atoms with Crippen LogP contribution in [-0.2, 0) is 24.7 Å². The van der Waals surface area contributed by atoms with Crippen molar-refractivity contribution in [3.63, 3.8) is 0 Å². The Bertz CT molecular complexity index is 494. The van der Waals surface area contributed by atoms with E-state index in [0.29, 0.717) is 5.56 Å². The molecule has 0 bridgehead atoms. The van der Waals surface area contributed by atoms with E-state index in [-0.39, 0.29) is 11.5 Å². The van der Waals surface area contributed by atoms with Gasteiger partial charge in [-0.05, 0) is 19.1 Å². The van der Waals surface area contributed by atoms with Crippen LogP contribution in [0.25, 0.3) is 0 Å². The summed E-state index contributed by atoms with van der Waals surface area (Å²) in [7, 11) is 1.24. The van der Waals surface area contributed by atoms with Gasteiger partial charge < -0.3 is 9.47 Å². The predicted molar refractivity (Wildman–Crippen MR) is 57.8 cm³/mol.